The number of pyridine rings is 1. The van der Waals surface area contributed by atoms with E-state index in [1.807, 2.05) is 6.07 Å². The number of anilines is 1. The average Bonchev–Trinajstić information content (AvgIpc) is 3.17. The van der Waals surface area contributed by atoms with Crippen molar-refractivity contribution in [2.45, 2.75) is 13.0 Å². The van der Waals surface area contributed by atoms with E-state index in [1.165, 1.54) is 16.8 Å². The number of rotatable bonds is 7. The van der Waals surface area contributed by atoms with Crippen LogP contribution in [0.25, 0.3) is 11.5 Å². The van der Waals surface area contributed by atoms with Crippen LogP contribution in [-0.4, -0.2) is 34.3 Å². The number of nitrogens with one attached hydrogen (secondary N) is 1. The van der Waals surface area contributed by atoms with Gasteiger partial charge in [0.25, 0.3) is 11.4 Å². The van der Waals surface area contributed by atoms with Crippen molar-refractivity contribution >= 4 is 11.6 Å². The molecular weight excluding hydrogens is 362 g/mol. The number of nitriles is 1. The third-order valence-corrected chi connectivity index (χ3v) is 3.84. The molecule has 1 amide bonds. The number of hydrogen-bond acceptors (Lipinski definition) is 7. The summed E-state index contributed by atoms with van der Waals surface area (Å²) in [5.41, 5.74) is 1.22. The van der Waals surface area contributed by atoms with Gasteiger partial charge in [0.05, 0.1) is 23.8 Å². The monoisotopic (exact) mass is 379 g/mol. The lowest BCUT2D eigenvalue weighted by Crippen LogP contribution is -2.26. The zero-order valence-electron chi connectivity index (χ0n) is 15.1. The minimum Gasteiger partial charge on any atom is -0.384 e. The first-order valence-corrected chi connectivity index (χ1v) is 8.41. The van der Waals surface area contributed by atoms with Crippen LogP contribution in [0.5, 0.6) is 0 Å². The van der Waals surface area contributed by atoms with Gasteiger partial charge in [-0.25, -0.2) is 0 Å². The molecule has 0 saturated carbocycles. The van der Waals surface area contributed by atoms with Gasteiger partial charge in [-0.1, -0.05) is 5.16 Å². The van der Waals surface area contributed by atoms with Crippen molar-refractivity contribution in [3.8, 4) is 17.5 Å². The Balaban J connectivity index is 1.72. The zero-order valence-corrected chi connectivity index (χ0v) is 15.1. The van der Waals surface area contributed by atoms with Crippen LogP contribution in [0.4, 0.5) is 5.69 Å². The van der Waals surface area contributed by atoms with Gasteiger partial charge in [-0.3, -0.25) is 9.59 Å². The van der Waals surface area contributed by atoms with Crippen LogP contribution >= 0.6 is 0 Å². The number of carbonyl (C=O) groups is 1. The summed E-state index contributed by atoms with van der Waals surface area (Å²) in [6.45, 7) is 0.283. The highest BCUT2D eigenvalue weighted by Crippen LogP contribution is 2.15. The lowest BCUT2D eigenvalue weighted by molar-refractivity contribution is -0.116. The maximum atomic E-state index is 12.3. The number of ether oxygens (including phenoxy) is 1. The minimum absolute atomic E-state index is 0.183. The Bertz CT molecular complexity index is 1060. The maximum Gasteiger partial charge on any atom is 0.259 e. The summed E-state index contributed by atoms with van der Waals surface area (Å²) in [6, 6.07) is 11.3. The standard InChI is InChI=1S/C19H17N5O4/c1-27-9-8-16-22-19(28-23-16)14-4-7-18(26)24(11-14)12-17(25)21-15-5-2-13(10-20)3-6-15/h2-7,11H,8-9,12H2,1H3,(H,21,25). The summed E-state index contributed by atoms with van der Waals surface area (Å²) in [6.07, 6.45) is 2.00. The van der Waals surface area contributed by atoms with Gasteiger partial charge in [-0.2, -0.15) is 10.2 Å². The Morgan fingerprint density at radius 3 is 2.79 bits per heavy atom. The lowest BCUT2D eigenvalue weighted by Gasteiger charge is -2.08. The summed E-state index contributed by atoms with van der Waals surface area (Å²) in [7, 11) is 1.58. The SMILES string of the molecule is COCCc1noc(-c2ccc(=O)n(CC(=O)Nc3ccc(C#N)cc3)c2)n1. The van der Waals surface area contributed by atoms with E-state index in [1.54, 1.807) is 37.4 Å². The topological polar surface area (TPSA) is 123 Å². The first-order chi connectivity index (χ1) is 13.6. The molecule has 0 bridgehead atoms. The van der Waals surface area contributed by atoms with Crippen molar-refractivity contribution in [3.63, 3.8) is 0 Å². The molecule has 3 aromatic rings. The summed E-state index contributed by atoms with van der Waals surface area (Å²) >= 11 is 0. The molecule has 9 nitrogen and oxygen atoms in total. The number of benzene rings is 1. The first-order valence-electron chi connectivity index (χ1n) is 8.41. The van der Waals surface area contributed by atoms with E-state index in [0.29, 0.717) is 35.7 Å². The van der Waals surface area contributed by atoms with Gasteiger partial charge in [0.1, 0.15) is 6.54 Å². The van der Waals surface area contributed by atoms with Gasteiger partial charge in [-0.05, 0) is 30.3 Å². The highest BCUT2D eigenvalue weighted by molar-refractivity contribution is 5.90. The second-order valence-electron chi connectivity index (χ2n) is 5.88. The number of carbonyl (C=O) groups excluding carboxylic acids is 1. The van der Waals surface area contributed by atoms with Crippen LogP contribution in [0, 0.1) is 11.3 Å². The first kappa shape index (κ1) is 19.0. The Morgan fingerprint density at radius 2 is 2.07 bits per heavy atom. The van der Waals surface area contributed by atoms with Gasteiger partial charge in [-0.15, -0.1) is 0 Å². The molecule has 9 heteroatoms. The number of aromatic nitrogens is 3. The van der Waals surface area contributed by atoms with Crippen molar-refractivity contribution in [3.05, 3.63) is 64.3 Å². The third kappa shape index (κ3) is 4.69. The molecule has 0 spiro atoms. The molecule has 28 heavy (non-hydrogen) atoms. The Morgan fingerprint density at radius 1 is 1.29 bits per heavy atom. The Labute approximate surface area is 160 Å². The molecule has 0 fully saturated rings. The zero-order chi connectivity index (χ0) is 19.9. The Kier molecular flexibility index (Phi) is 5.94. The van der Waals surface area contributed by atoms with Crippen molar-refractivity contribution in [1.29, 1.82) is 5.26 Å². The predicted molar refractivity (Wildman–Crippen MR) is 99.4 cm³/mol. The fourth-order valence-corrected chi connectivity index (χ4v) is 2.43. The molecule has 0 aliphatic heterocycles. The Hall–Kier alpha value is -3.77. The maximum absolute atomic E-state index is 12.3. The van der Waals surface area contributed by atoms with Gasteiger partial charge < -0.3 is 19.1 Å². The molecule has 2 aromatic heterocycles. The van der Waals surface area contributed by atoms with E-state index in [2.05, 4.69) is 15.5 Å². The minimum atomic E-state index is -0.379. The van der Waals surface area contributed by atoms with E-state index in [0.717, 1.165) is 0 Å². The van der Waals surface area contributed by atoms with Gasteiger partial charge in [0, 0.05) is 31.5 Å². The molecule has 2 heterocycles. The highest BCUT2D eigenvalue weighted by Gasteiger charge is 2.12. The molecule has 0 aliphatic carbocycles. The predicted octanol–water partition coefficient (Wildman–Crippen LogP) is 1.60. The quantitative estimate of drug-likeness (QED) is 0.661. The average molecular weight is 379 g/mol. The normalized spacial score (nSPS) is 10.4. The van der Waals surface area contributed by atoms with Crippen LogP contribution in [0.1, 0.15) is 11.4 Å². The van der Waals surface area contributed by atoms with Crippen molar-refractivity contribution in [1.82, 2.24) is 14.7 Å². The van der Waals surface area contributed by atoms with Crippen LogP contribution in [0.2, 0.25) is 0 Å². The second-order valence-corrected chi connectivity index (χ2v) is 5.88. The molecule has 0 saturated heterocycles. The third-order valence-electron chi connectivity index (χ3n) is 3.84. The van der Waals surface area contributed by atoms with Crippen LogP contribution in [0.15, 0.2) is 51.9 Å². The summed E-state index contributed by atoms with van der Waals surface area (Å²) in [5.74, 6) is 0.371. The van der Waals surface area contributed by atoms with Gasteiger partial charge >= 0.3 is 0 Å². The molecule has 0 aliphatic rings. The van der Waals surface area contributed by atoms with Gasteiger partial charge in [0.15, 0.2) is 5.82 Å². The number of hydrogen-bond donors (Lipinski definition) is 1. The van der Waals surface area contributed by atoms with Crippen LogP contribution < -0.4 is 10.9 Å². The summed E-state index contributed by atoms with van der Waals surface area (Å²) in [4.78, 5) is 28.6. The summed E-state index contributed by atoms with van der Waals surface area (Å²) in [5, 5.41) is 15.3. The van der Waals surface area contributed by atoms with E-state index in [9.17, 15) is 9.59 Å². The largest absolute Gasteiger partial charge is 0.384 e. The van der Waals surface area contributed by atoms with E-state index < -0.39 is 0 Å². The van der Waals surface area contributed by atoms with Crippen molar-refractivity contribution in [2.75, 3.05) is 19.0 Å². The molecule has 142 valence electrons. The van der Waals surface area contributed by atoms with Crippen LogP contribution in [0.3, 0.4) is 0 Å². The van der Waals surface area contributed by atoms with Crippen molar-refractivity contribution in [2.24, 2.45) is 0 Å². The van der Waals surface area contributed by atoms with Crippen molar-refractivity contribution < 1.29 is 14.1 Å². The lowest BCUT2D eigenvalue weighted by atomic mass is 10.2. The van der Waals surface area contributed by atoms with E-state index in [-0.39, 0.29) is 23.9 Å². The molecule has 3 rings (SSSR count). The van der Waals surface area contributed by atoms with E-state index >= 15 is 0 Å². The molecular formula is C19H17N5O4. The molecule has 0 atom stereocenters. The highest BCUT2D eigenvalue weighted by atomic mass is 16.5. The van der Waals surface area contributed by atoms with Gasteiger partial charge in [0.2, 0.25) is 5.91 Å². The summed E-state index contributed by atoms with van der Waals surface area (Å²) < 4.78 is 11.4. The number of methoxy groups -OCH3 is 1. The fourth-order valence-electron chi connectivity index (χ4n) is 2.43. The molecule has 0 unspecified atom stereocenters. The van der Waals surface area contributed by atoms with Crippen LogP contribution in [-0.2, 0) is 22.5 Å². The fraction of sp³-hybridized carbons (Fsp3) is 0.211. The molecule has 1 aromatic carbocycles. The molecule has 1 N–H and O–H groups in total. The molecule has 0 radical (unpaired) electrons. The smallest absolute Gasteiger partial charge is 0.259 e. The second kappa shape index (κ2) is 8.75. The number of amides is 1. The number of nitrogens with zero attached hydrogens (tertiary/aromatic N) is 4. The van der Waals surface area contributed by atoms with E-state index in [4.69, 9.17) is 14.5 Å².